The summed E-state index contributed by atoms with van der Waals surface area (Å²) in [7, 11) is 0. The van der Waals surface area contributed by atoms with Crippen LogP contribution in [-0.4, -0.2) is 29.0 Å². The number of aromatic nitrogens is 2. The number of anilines is 3. The predicted molar refractivity (Wildman–Crippen MR) is 116 cm³/mol. The standard InChI is InChI=1S/C23H25N5O/c29-22(26-19-9-11-20(12-10-19)28-15-5-2-6-16-28)21-13-14-24-23(27-21)25-17-18-7-3-1-4-8-18/h1,3-4,7-14H,2,5-6,15-17H2,(H,26,29)(H,24,25,27). The lowest BCUT2D eigenvalue weighted by atomic mass is 10.1. The van der Waals surface area contributed by atoms with Gasteiger partial charge in [-0.15, -0.1) is 0 Å². The maximum Gasteiger partial charge on any atom is 0.274 e. The van der Waals surface area contributed by atoms with Gasteiger partial charge in [-0.2, -0.15) is 0 Å². The zero-order valence-corrected chi connectivity index (χ0v) is 16.3. The van der Waals surface area contributed by atoms with Crippen molar-refractivity contribution in [1.29, 1.82) is 0 Å². The lowest BCUT2D eigenvalue weighted by Crippen LogP contribution is -2.29. The van der Waals surface area contributed by atoms with Crippen LogP contribution in [-0.2, 0) is 6.54 Å². The number of rotatable bonds is 6. The summed E-state index contributed by atoms with van der Waals surface area (Å²) in [5.74, 6) is 0.183. The molecule has 2 N–H and O–H groups in total. The van der Waals surface area contributed by atoms with Crippen molar-refractivity contribution in [2.75, 3.05) is 28.6 Å². The summed E-state index contributed by atoms with van der Waals surface area (Å²) in [6.07, 6.45) is 5.39. The Balaban J connectivity index is 1.36. The highest BCUT2D eigenvalue weighted by Gasteiger charge is 2.12. The second-order valence-corrected chi connectivity index (χ2v) is 7.15. The van der Waals surface area contributed by atoms with Gasteiger partial charge in [-0.05, 0) is 55.2 Å². The van der Waals surface area contributed by atoms with E-state index in [1.807, 2.05) is 42.5 Å². The highest BCUT2D eigenvalue weighted by Crippen LogP contribution is 2.22. The van der Waals surface area contributed by atoms with E-state index in [1.165, 1.54) is 24.9 Å². The van der Waals surface area contributed by atoms with Crippen LogP contribution in [0.5, 0.6) is 0 Å². The van der Waals surface area contributed by atoms with Crippen molar-refractivity contribution in [3.63, 3.8) is 0 Å². The van der Waals surface area contributed by atoms with Crippen molar-refractivity contribution >= 4 is 23.2 Å². The van der Waals surface area contributed by atoms with Gasteiger partial charge in [0.1, 0.15) is 5.69 Å². The van der Waals surface area contributed by atoms with Crippen LogP contribution in [0.25, 0.3) is 0 Å². The highest BCUT2D eigenvalue weighted by atomic mass is 16.1. The quantitative estimate of drug-likeness (QED) is 0.659. The fourth-order valence-electron chi connectivity index (χ4n) is 3.45. The SMILES string of the molecule is O=C(Nc1ccc(N2CCCCC2)cc1)c1ccnc(NCc2ccccc2)n1. The molecule has 1 fully saturated rings. The van der Waals surface area contributed by atoms with Crippen molar-refractivity contribution in [2.45, 2.75) is 25.8 Å². The summed E-state index contributed by atoms with van der Waals surface area (Å²) < 4.78 is 0. The third-order valence-corrected chi connectivity index (χ3v) is 5.03. The molecule has 29 heavy (non-hydrogen) atoms. The third kappa shape index (κ3) is 5.10. The second-order valence-electron chi connectivity index (χ2n) is 7.15. The van der Waals surface area contributed by atoms with Crippen molar-refractivity contribution < 1.29 is 4.79 Å². The number of piperidine rings is 1. The summed E-state index contributed by atoms with van der Waals surface area (Å²) in [5.41, 5.74) is 3.42. The number of nitrogens with one attached hydrogen (secondary N) is 2. The van der Waals surface area contributed by atoms with Crippen LogP contribution in [0.15, 0.2) is 66.9 Å². The minimum Gasteiger partial charge on any atom is -0.372 e. The van der Waals surface area contributed by atoms with E-state index in [4.69, 9.17) is 0 Å². The van der Waals surface area contributed by atoms with Gasteiger partial charge in [0.15, 0.2) is 0 Å². The molecule has 0 saturated carbocycles. The van der Waals surface area contributed by atoms with Crippen molar-refractivity contribution in [3.05, 3.63) is 78.1 Å². The maximum atomic E-state index is 12.6. The Labute approximate surface area is 171 Å². The molecule has 0 bridgehead atoms. The molecule has 1 aliphatic heterocycles. The van der Waals surface area contributed by atoms with Crippen LogP contribution >= 0.6 is 0 Å². The van der Waals surface area contributed by atoms with E-state index >= 15 is 0 Å². The molecule has 0 aliphatic carbocycles. The average Bonchev–Trinajstić information content (AvgIpc) is 2.80. The molecule has 0 unspecified atom stereocenters. The first-order chi connectivity index (χ1) is 14.3. The van der Waals surface area contributed by atoms with Gasteiger partial charge in [-0.3, -0.25) is 4.79 Å². The number of carbonyl (C=O) groups is 1. The van der Waals surface area contributed by atoms with Crippen LogP contribution in [0.1, 0.15) is 35.3 Å². The first-order valence-electron chi connectivity index (χ1n) is 10.1. The molecule has 3 aromatic rings. The zero-order chi connectivity index (χ0) is 19.9. The van der Waals surface area contributed by atoms with E-state index in [9.17, 15) is 4.79 Å². The molecule has 1 amide bonds. The molecule has 148 valence electrons. The molecular weight excluding hydrogens is 362 g/mol. The summed E-state index contributed by atoms with van der Waals surface area (Å²) >= 11 is 0. The Hall–Kier alpha value is -3.41. The first kappa shape index (κ1) is 18.9. The van der Waals surface area contributed by atoms with E-state index in [0.29, 0.717) is 18.2 Å². The third-order valence-electron chi connectivity index (χ3n) is 5.03. The molecule has 1 aliphatic rings. The number of benzene rings is 2. The Morgan fingerprint density at radius 3 is 2.45 bits per heavy atom. The Morgan fingerprint density at radius 2 is 1.69 bits per heavy atom. The molecule has 6 nitrogen and oxygen atoms in total. The van der Waals surface area contributed by atoms with E-state index < -0.39 is 0 Å². The monoisotopic (exact) mass is 387 g/mol. The van der Waals surface area contributed by atoms with Gasteiger partial charge in [0.05, 0.1) is 0 Å². The molecule has 1 aromatic heterocycles. The maximum absolute atomic E-state index is 12.6. The van der Waals surface area contributed by atoms with Gasteiger partial charge in [-0.1, -0.05) is 30.3 Å². The number of hydrogen-bond acceptors (Lipinski definition) is 5. The van der Waals surface area contributed by atoms with Crippen LogP contribution < -0.4 is 15.5 Å². The van der Waals surface area contributed by atoms with Crippen LogP contribution in [0.3, 0.4) is 0 Å². The lowest BCUT2D eigenvalue weighted by molar-refractivity contribution is 0.102. The van der Waals surface area contributed by atoms with Gasteiger partial charge >= 0.3 is 0 Å². The molecule has 2 heterocycles. The zero-order valence-electron chi connectivity index (χ0n) is 16.3. The van der Waals surface area contributed by atoms with Crippen molar-refractivity contribution in [3.8, 4) is 0 Å². The summed E-state index contributed by atoms with van der Waals surface area (Å²) in [4.78, 5) is 23.5. The van der Waals surface area contributed by atoms with Gasteiger partial charge in [0.2, 0.25) is 5.95 Å². The average molecular weight is 387 g/mol. The van der Waals surface area contributed by atoms with Crippen molar-refractivity contribution in [2.24, 2.45) is 0 Å². The Bertz CT molecular complexity index is 937. The van der Waals surface area contributed by atoms with E-state index in [2.05, 4.69) is 37.6 Å². The molecular formula is C23H25N5O. The van der Waals surface area contributed by atoms with Gasteiger partial charge in [-0.25, -0.2) is 9.97 Å². The Kier molecular flexibility index (Phi) is 6.00. The summed E-state index contributed by atoms with van der Waals surface area (Å²) in [6.45, 7) is 2.81. The smallest absolute Gasteiger partial charge is 0.274 e. The Morgan fingerprint density at radius 1 is 0.931 bits per heavy atom. The van der Waals surface area contributed by atoms with E-state index in [0.717, 1.165) is 24.3 Å². The minimum atomic E-state index is -0.249. The summed E-state index contributed by atoms with van der Waals surface area (Å²) in [5, 5.41) is 6.07. The number of amides is 1. The second kappa shape index (κ2) is 9.19. The van der Waals surface area contributed by atoms with Gasteiger partial charge in [0, 0.05) is 37.2 Å². The highest BCUT2D eigenvalue weighted by molar-refractivity contribution is 6.03. The van der Waals surface area contributed by atoms with Crippen LogP contribution in [0.2, 0.25) is 0 Å². The van der Waals surface area contributed by atoms with Crippen LogP contribution in [0, 0.1) is 0 Å². The van der Waals surface area contributed by atoms with E-state index in [-0.39, 0.29) is 5.91 Å². The molecule has 2 aromatic carbocycles. The normalized spacial score (nSPS) is 13.7. The summed E-state index contributed by atoms with van der Waals surface area (Å²) in [6, 6.07) is 19.6. The molecule has 1 saturated heterocycles. The topological polar surface area (TPSA) is 70.2 Å². The first-order valence-corrected chi connectivity index (χ1v) is 10.1. The number of carbonyl (C=O) groups excluding carboxylic acids is 1. The molecule has 6 heteroatoms. The van der Waals surface area contributed by atoms with Crippen molar-refractivity contribution in [1.82, 2.24) is 9.97 Å². The fourth-order valence-corrected chi connectivity index (χ4v) is 3.45. The van der Waals surface area contributed by atoms with Gasteiger partial charge in [0.25, 0.3) is 5.91 Å². The number of nitrogens with zero attached hydrogens (tertiary/aromatic N) is 3. The minimum absolute atomic E-state index is 0.249. The largest absolute Gasteiger partial charge is 0.372 e. The molecule has 0 radical (unpaired) electrons. The molecule has 0 atom stereocenters. The van der Waals surface area contributed by atoms with Crippen LogP contribution in [0.4, 0.5) is 17.3 Å². The molecule has 0 spiro atoms. The fraction of sp³-hybridized carbons (Fsp3) is 0.261. The predicted octanol–water partition coefficient (Wildman–Crippen LogP) is 4.33. The van der Waals surface area contributed by atoms with Gasteiger partial charge < -0.3 is 15.5 Å². The lowest BCUT2D eigenvalue weighted by Gasteiger charge is -2.28. The van der Waals surface area contributed by atoms with E-state index in [1.54, 1.807) is 12.3 Å². The number of hydrogen-bond donors (Lipinski definition) is 2. The molecule has 4 rings (SSSR count).